The molecule has 0 spiro atoms. The number of aromatic nitrogens is 1. The molecule has 5 rings (SSSR count). The SMILES string of the molecule is CCC(C(=O)O)n1c2c(c3cc(F)ccc31)CC(NC(=O)C(Cc1ccc(F)cc1)c1ccccc1)CC2. The van der Waals surface area contributed by atoms with Gasteiger partial charge < -0.3 is 15.0 Å². The zero-order chi connectivity index (χ0) is 26.8. The molecule has 1 heterocycles. The number of aliphatic carboxylic acids is 1. The first kappa shape index (κ1) is 25.6. The Hall–Kier alpha value is -4.00. The Kier molecular flexibility index (Phi) is 7.27. The molecule has 1 aliphatic rings. The second-order valence-corrected chi connectivity index (χ2v) is 9.96. The van der Waals surface area contributed by atoms with Gasteiger partial charge in [0.25, 0.3) is 0 Å². The topological polar surface area (TPSA) is 71.3 Å². The highest BCUT2D eigenvalue weighted by Crippen LogP contribution is 2.36. The fourth-order valence-electron chi connectivity index (χ4n) is 5.72. The Balaban J connectivity index is 1.44. The summed E-state index contributed by atoms with van der Waals surface area (Å²) in [6.45, 7) is 1.83. The van der Waals surface area contributed by atoms with Crippen LogP contribution in [0.15, 0.2) is 72.8 Å². The van der Waals surface area contributed by atoms with Crippen LogP contribution in [0.2, 0.25) is 0 Å². The van der Waals surface area contributed by atoms with Gasteiger partial charge in [0.1, 0.15) is 17.7 Å². The molecule has 1 amide bonds. The smallest absolute Gasteiger partial charge is 0.326 e. The minimum atomic E-state index is -0.918. The number of nitrogens with one attached hydrogen (secondary N) is 1. The predicted molar refractivity (Wildman–Crippen MR) is 142 cm³/mol. The summed E-state index contributed by atoms with van der Waals surface area (Å²) in [7, 11) is 0. The fourth-order valence-corrected chi connectivity index (χ4v) is 5.72. The Bertz CT molecular complexity index is 1460. The van der Waals surface area contributed by atoms with Gasteiger partial charge in [0.05, 0.1) is 5.92 Å². The highest BCUT2D eigenvalue weighted by atomic mass is 19.1. The quantitative estimate of drug-likeness (QED) is 0.304. The molecule has 196 valence electrons. The van der Waals surface area contributed by atoms with E-state index in [0.29, 0.717) is 43.0 Å². The monoisotopic (exact) mass is 516 g/mol. The molecule has 0 saturated heterocycles. The third-order valence-corrected chi connectivity index (χ3v) is 7.56. The van der Waals surface area contributed by atoms with Crippen LogP contribution >= 0.6 is 0 Å². The molecule has 1 aromatic heterocycles. The molecule has 1 aliphatic carbocycles. The lowest BCUT2D eigenvalue weighted by Gasteiger charge is -2.28. The second kappa shape index (κ2) is 10.8. The van der Waals surface area contributed by atoms with Crippen LogP contribution in [0.5, 0.6) is 0 Å². The molecule has 38 heavy (non-hydrogen) atoms. The van der Waals surface area contributed by atoms with Crippen molar-refractivity contribution < 1.29 is 23.5 Å². The van der Waals surface area contributed by atoms with E-state index in [0.717, 1.165) is 22.4 Å². The molecule has 3 aromatic carbocycles. The summed E-state index contributed by atoms with van der Waals surface area (Å²) < 4.78 is 29.6. The molecule has 0 bridgehead atoms. The maximum Gasteiger partial charge on any atom is 0.326 e. The summed E-state index contributed by atoms with van der Waals surface area (Å²) in [5.74, 6) is -2.20. The molecular weight excluding hydrogens is 486 g/mol. The van der Waals surface area contributed by atoms with Crippen molar-refractivity contribution in [3.8, 4) is 0 Å². The van der Waals surface area contributed by atoms with Crippen molar-refractivity contribution >= 4 is 22.8 Å². The minimum absolute atomic E-state index is 0.124. The highest BCUT2D eigenvalue weighted by Gasteiger charge is 2.32. The molecule has 5 nitrogen and oxygen atoms in total. The van der Waals surface area contributed by atoms with E-state index < -0.39 is 17.9 Å². The van der Waals surface area contributed by atoms with Crippen molar-refractivity contribution in [3.63, 3.8) is 0 Å². The van der Waals surface area contributed by atoms with E-state index in [2.05, 4.69) is 5.32 Å². The number of fused-ring (bicyclic) bond motifs is 3. The average Bonchev–Trinajstić information content (AvgIpc) is 3.21. The lowest BCUT2D eigenvalue weighted by atomic mass is 9.88. The van der Waals surface area contributed by atoms with Crippen LogP contribution in [0.4, 0.5) is 8.78 Å². The number of rotatable bonds is 8. The van der Waals surface area contributed by atoms with Crippen LogP contribution in [0.1, 0.15) is 54.1 Å². The van der Waals surface area contributed by atoms with Crippen LogP contribution in [0, 0.1) is 11.6 Å². The normalized spacial score (nSPS) is 16.6. The van der Waals surface area contributed by atoms with Crippen molar-refractivity contribution in [1.82, 2.24) is 9.88 Å². The summed E-state index contributed by atoms with van der Waals surface area (Å²) in [5.41, 5.74) is 4.23. The number of carbonyl (C=O) groups excluding carboxylic acids is 1. The highest BCUT2D eigenvalue weighted by molar-refractivity contribution is 5.89. The van der Waals surface area contributed by atoms with Gasteiger partial charge in [-0.05, 0) is 79.1 Å². The zero-order valence-electron chi connectivity index (χ0n) is 21.2. The second-order valence-electron chi connectivity index (χ2n) is 9.96. The van der Waals surface area contributed by atoms with Crippen LogP contribution in [0.3, 0.4) is 0 Å². The van der Waals surface area contributed by atoms with Crippen molar-refractivity contribution in [2.75, 3.05) is 0 Å². The molecule has 4 aromatic rings. The number of carboxylic acid groups (broad SMARTS) is 1. The first-order chi connectivity index (χ1) is 18.4. The molecule has 7 heteroatoms. The Labute approximate surface area is 220 Å². The third kappa shape index (κ3) is 5.05. The summed E-state index contributed by atoms with van der Waals surface area (Å²) in [4.78, 5) is 25.7. The van der Waals surface area contributed by atoms with E-state index in [1.807, 2.05) is 41.8 Å². The van der Waals surface area contributed by atoms with Gasteiger partial charge in [-0.3, -0.25) is 4.79 Å². The maximum absolute atomic E-state index is 14.3. The van der Waals surface area contributed by atoms with Gasteiger partial charge in [-0.1, -0.05) is 49.4 Å². The molecule has 3 unspecified atom stereocenters. The number of nitrogens with zero attached hydrogens (tertiary/aromatic N) is 1. The first-order valence-corrected chi connectivity index (χ1v) is 13.0. The predicted octanol–water partition coefficient (Wildman–Crippen LogP) is 5.96. The number of carboxylic acids is 1. The van der Waals surface area contributed by atoms with Gasteiger partial charge in [-0.25, -0.2) is 13.6 Å². The summed E-state index contributed by atoms with van der Waals surface area (Å²) in [6.07, 6.45) is 2.54. The molecule has 0 radical (unpaired) electrons. The van der Waals surface area contributed by atoms with E-state index >= 15 is 0 Å². The molecule has 3 atom stereocenters. The van der Waals surface area contributed by atoms with Crippen molar-refractivity contribution in [1.29, 1.82) is 0 Å². The third-order valence-electron chi connectivity index (χ3n) is 7.56. The van der Waals surface area contributed by atoms with Gasteiger partial charge in [-0.2, -0.15) is 0 Å². The van der Waals surface area contributed by atoms with E-state index in [9.17, 15) is 23.5 Å². The van der Waals surface area contributed by atoms with Gasteiger partial charge in [0.15, 0.2) is 0 Å². The lowest BCUT2D eigenvalue weighted by Crippen LogP contribution is -2.42. The van der Waals surface area contributed by atoms with Crippen LogP contribution in [-0.2, 0) is 28.9 Å². The molecule has 0 saturated carbocycles. The Morgan fingerprint density at radius 3 is 2.42 bits per heavy atom. The van der Waals surface area contributed by atoms with E-state index in [1.54, 1.807) is 18.2 Å². The largest absolute Gasteiger partial charge is 0.480 e. The number of halogens is 2. The van der Waals surface area contributed by atoms with E-state index in [-0.39, 0.29) is 23.6 Å². The summed E-state index contributed by atoms with van der Waals surface area (Å²) >= 11 is 0. The number of hydrogen-bond acceptors (Lipinski definition) is 2. The summed E-state index contributed by atoms with van der Waals surface area (Å²) in [5, 5.41) is 13.8. The zero-order valence-corrected chi connectivity index (χ0v) is 21.2. The number of carbonyl (C=O) groups is 2. The molecule has 0 fully saturated rings. The van der Waals surface area contributed by atoms with Crippen LogP contribution in [-0.4, -0.2) is 27.6 Å². The standard InChI is InChI=1S/C31H30F2N2O3/c1-2-27(31(37)38)35-28-14-12-22(33)17-25(28)26-18-23(13-15-29(26)35)34-30(36)24(20-6-4-3-5-7-20)16-19-8-10-21(32)11-9-19/h3-12,14,17,23-24,27H,2,13,15-16,18H2,1H3,(H,34,36)(H,37,38). The number of hydrogen-bond donors (Lipinski definition) is 2. The molecule has 0 aliphatic heterocycles. The van der Waals surface area contributed by atoms with Gasteiger partial charge in [0, 0.05) is 22.6 Å². The average molecular weight is 517 g/mol. The first-order valence-electron chi connectivity index (χ1n) is 13.0. The molecular formula is C31H30F2N2O3. The van der Waals surface area contributed by atoms with Gasteiger partial charge >= 0.3 is 5.97 Å². The summed E-state index contributed by atoms with van der Waals surface area (Å²) in [6, 6.07) is 19.3. The lowest BCUT2D eigenvalue weighted by molar-refractivity contribution is -0.141. The van der Waals surface area contributed by atoms with Crippen LogP contribution in [0.25, 0.3) is 10.9 Å². The van der Waals surface area contributed by atoms with E-state index in [4.69, 9.17) is 0 Å². The fraction of sp³-hybridized carbons (Fsp3) is 0.290. The van der Waals surface area contributed by atoms with Crippen LogP contribution < -0.4 is 5.32 Å². The van der Waals surface area contributed by atoms with Crippen molar-refractivity contribution in [3.05, 3.63) is 107 Å². The van der Waals surface area contributed by atoms with Crippen molar-refractivity contribution in [2.24, 2.45) is 0 Å². The number of amides is 1. The number of benzene rings is 3. The van der Waals surface area contributed by atoms with Crippen molar-refractivity contribution in [2.45, 2.75) is 57.0 Å². The van der Waals surface area contributed by atoms with Gasteiger partial charge in [-0.15, -0.1) is 0 Å². The van der Waals surface area contributed by atoms with Gasteiger partial charge in [0.2, 0.25) is 5.91 Å². The Morgan fingerprint density at radius 2 is 1.74 bits per heavy atom. The van der Waals surface area contributed by atoms with E-state index in [1.165, 1.54) is 24.3 Å². The minimum Gasteiger partial charge on any atom is -0.480 e. The maximum atomic E-state index is 14.3. The Morgan fingerprint density at radius 1 is 1.03 bits per heavy atom. The molecule has 2 N–H and O–H groups in total.